The molecule has 4 rings (SSSR count). The highest BCUT2D eigenvalue weighted by Gasteiger charge is 2.28. The third-order valence-corrected chi connectivity index (χ3v) is 5.30. The van der Waals surface area contributed by atoms with Crippen LogP contribution >= 0.6 is 11.3 Å². The van der Waals surface area contributed by atoms with Crippen LogP contribution in [0.15, 0.2) is 48.5 Å². The van der Waals surface area contributed by atoms with E-state index in [1.807, 2.05) is 18.2 Å². The predicted octanol–water partition coefficient (Wildman–Crippen LogP) is 4.95. The van der Waals surface area contributed by atoms with E-state index in [2.05, 4.69) is 12.1 Å². The van der Waals surface area contributed by atoms with Crippen molar-refractivity contribution < 1.29 is 9.18 Å². The van der Waals surface area contributed by atoms with Gasteiger partial charge in [0.2, 0.25) is 0 Å². The van der Waals surface area contributed by atoms with Crippen LogP contribution in [0.5, 0.6) is 0 Å². The van der Waals surface area contributed by atoms with E-state index in [4.69, 9.17) is 0 Å². The summed E-state index contributed by atoms with van der Waals surface area (Å²) in [6.07, 6.45) is 1.54. The van der Waals surface area contributed by atoms with E-state index in [9.17, 15) is 9.18 Å². The number of halogens is 1. The van der Waals surface area contributed by atoms with E-state index in [0.717, 1.165) is 21.4 Å². The number of carbonyl (C=O) groups is 1. The first kappa shape index (κ1) is 12.7. The van der Waals surface area contributed by atoms with Gasteiger partial charge in [0.25, 0.3) is 0 Å². The first-order valence-corrected chi connectivity index (χ1v) is 7.82. The summed E-state index contributed by atoms with van der Waals surface area (Å²) in [4.78, 5) is 13.2. The van der Waals surface area contributed by atoms with Gasteiger partial charge in [-0.2, -0.15) is 0 Å². The Morgan fingerprint density at radius 2 is 2.05 bits per heavy atom. The van der Waals surface area contributed by atoms with E-state index >= 15 is 0 Å². The molecule has 1 aliphatic carbocycles. The van der Waals surface area contributed by atoms with Crippen molar-refractivity contribution in [2.75, 3.05) is 0 Å². The lowest BCUT2D eigenvalue weighted by Crippen LogP contribution is -2.19. The lowest BCUT2D eigenvalue weighted by atomic mass is 9.75. The fourth-order valence-corrected chi connectivity index (χ4v) is 4.01. The molecule has 3 aromatic rings. The van der Waals surface area contributed by atoms with Crippen molar-refractivity contribution in [3.63, 3.8) is 0 Å². The highest BCUT2D eigenvalue weighted by atomic mass is 32.1. The van der Waals surface area contributed by atoms with Crippen LogP contribution in [0.2, 0.25) is 0 Å². The molecule has 0 bridgehead atoms. The van der Waals surface area contributed by atoms with Gasteiger partial charge < -0.3 is 0 Å². The van der Waals surface area contributed by atoms with Crippen molar-refractivity contribution in [2.24, 2.45) is 0 Å². The molecule has 1 aromatic heterocycles. The van der Waals surface area contributed by atoms with E-state index < -0.39 is 0 Å². The first-order valence-electron chi connectivity index (χ1n) is 7.01. The fourth-order valence-electron chi connectivity index (χ4n) is 3.02. The number of carbonyl (C=O) groups excluding carboxylic acids is 1. The van der Waals surface area contributed by atoms with Gasteiger partial charge in [0.15, 0.2) is 5.78 Å². The average Bonchev–Trinajstić information content (AvgIpc) is 2.87. The van der Waals surface area contributed by atoms with Crippen LogP contribution in [0.25, 0.3) is 10.1 Å². The molecule has 21 heavy (non-hydrogen) atoms. The number of Topliss-reactive ketones (excluding diaryl/α,β-unsaturated/α-hetero) is 1. The van der Waals surface area contributed by atoms with Crippen molar-refractivity contribution in [3.05, 3.63) is 70.4 Å². The Balaban J connectivity index is 1.57. The second-order valence-electron chi connectivity index (χ2n) is 5.52. The molecular weight excluding hydrogens is 283 g/mol. The van der Waals surface area contributed by atoms with Gasteiger partial charge in [0, 0.05) is 11.1 Å². The Morgan fingerprint density at radius 1 is 1.19 bits per heavy atom. The van der Waals surface area contributed by atoms with Crippen molar-refractivity contribution in [3.8, 4) is 0 Å². The third-order valence-electron chi connectivity index (χ3n) is 4.15. The SMILES string of the molecule is O=C(CC1Cc2ccccc21)c1cc2cc(F)ccc2s1. The molecule has 0 radical (unpaired) electrons. The van der Waals surface area contributed by atoms with E-state index in [1.165, 1.54) is 34.6 Å². The van der Waals surface area contributed by atoms with Crippen LogP contribution in [-0.2, 0) is 6.42 Å². The number of benzene rings is 2. The Kier molecular flexibility index (Phi) is 2.89. The molecule has 1 aliphatic rings. The van der Waals surface area contributed by atoms with Crippen LogP contribution in [-0.4, -0.2) is 5.78 Å². The molecule has 1 nitrogen and oxygen atoms in total. The normalized spacial score (nSPS) is 16.5. The molecule has 1 atom stereocenters. The summed E-state index contributed by atoms with van der Waals surface area (Å²) in [5, 5.41) is 0.817. The largest absolute Gasteiger partial charge is 0.293 e. The van der Waals surface area contributed by atoms with Crippen LogP contribution in [0.3, 0.4) is 0 Å². The van der Waals surface area contributed by atoms with Crippen LogP contribution in [0, 0.1) is 5.82 Å². The number of thiophene rings is 1. The maximum absolute atomic E-state index is 13.2. The summed E-state index contributed by atoms with van der Waals surface area (Å²) in [7, 11) is 0. The molecule has 1 heterocycles. The first-order chi connectivity index (χ1) is 10.2. The molecule has 0 saturated carbocycles. The highest BCUT2D eigenvalue weighted by molar-refractivity contribution is 7.20. The standard InChI is InChI=1S/C18H13FOS/c19-14-5-6-17-13(8-14)10-18(21-17)16(20)9-12-7-11-3-1-2-4-15(11)12/h1-6,8,10,12H,7,9H2. The quantitative estimate of drug-likeness (QED) is 0.625. The number of ketones is 1. The summed E-state index contributed by atoms with van der Waals surface area (Å²) in [5.41, 5.74) is 2.66. The molecule has 0 spiro atoms. The molecule has 0 saturated heterocycles. The minimum atomic E-state index is -0.257. The van der Waals surface area contributed by atoms with Gasteiger partial charge in [-0.05, 0) is 53.1 Å². The van der Waals surface area contributed by atoms with E-state index in [0.29, 0.717) is 12.3 Å². The minimum absolute atomic E-state index is 0.163. The zero-order valence-corrected chi connectivity index (χ0v) is 12.1. The maximum atomic E-state index is 13.2. The Labute approximate surface area is 126 Å². The van der Waals surface area contributed by atoms with Gasteiger partial charge in [0.05, 0.1) is 4.88 Å². The smallest absolute Gasteiger partial charge is 0.173 e. The van der Waals surface area contributed by atoms with Gasteiger partial charge in [-0.25, -0.2) is 4.39 Å². The fraction of sp³-hybridized carbons (Fsp3) is 0.167. The molecule has 104 valence electrons. The van der Waals surface area contributed by atoms with Crippen molar-refractivity contribution in [1.29, 1.82) is 0 Å². The van der Waals surface area contributed by atoms with Gasteiger partial charge in [-0.1, -0.05) is 24.3 Å². The van der Waals surface area contributed by atoms with Gasteiger partial charge in [-0.3, -0.25) is 4.79 Å². The lowest BCUT2D eigenvalue weighted by Gasteiger charge is -2.29. The van der Waals surface area contributed by atoms with Gasteiger partial charge in [0.1, 0.15) is 5.82 Å². The van der Waals surface area contributed by atoms with Gasteiger partial charge in [-0.15, -0.1) is 11.3 Å². The minimum Gasteiger partial charge on any atom is -0.293 e. The molecule has 0 N–H and O–H groups in total. The van der Waals surface area contributed by atoms with Crippen molar-refractivity contribution >= 4 is 27.2 Å². The Bertz CT molecular complexity index is 849. The zero-order chi connectivity index (χ0) is 14.4. The molecule has 0 fully saturated rings. The molecule has 0 aliphatic heterocycles. The molecule has 1 unspecified atom stereocenters. The van der Waals surface area contributed by atoms with Crippen LogP contribution < -0.4 is 0 Å². The number of hydrogen-bond donors (Lipinski definition) is 0. The Morgan fingerprint density at radius 3 is 2.90 bits per heavy atom. The summed E-state index contributed by atoms with van der Waals surface area (Å²) < 4.78 is 14.2. The zero-order valence-electron chi connectivity index (χ0n) is 11.3. The maximum Gasteiger partial charge on any atom is 0.173 e. The lowest BCUT2D eigenvalue weighted by molar-refractivity contribution is 0.0974. The molecular formula is C18H13FOS. The number of hydrogen-bond acceptors (Lipinski definition) is 2. The second-order valence-corrected chi connectivity index (χ2v) is 6.60. The van der Waals surface area contributed by atoms with Crippen molar-refractivity contribution in [1.82, 2.24) is 0 Å². The number of rotatable bonds is 3. The summed E-state index contributed by atoms with van der Waals surface area (Å²) >= 11 is 1.46. The highest BCUT2D eigenvalue weighted by Crippen LogP contribution is 2.38. The van der Waals surface area contributed by atoms with E-state index in [-0.39, 0.29) is 11.6 Å². The van der Waals surface area contributed by atoms with Gasteiger partial charge >= 0.3 is 0 Å². The van der Waals surface area contributed by atoms with E-state index in [1.54, 1.807) is 6.07 Å². The van der Waals surface area contributed by atoms with Crippen molar-refractivity contribution in [2.45, 2.75) is 18.8 Å². The van der Waals surface area contributed by atoms with Crippen LogP contribution in [0.4, 0.5) is 4.39 Å². The van der Waals surface area contributed by atoms with Crippen LogP contribution in [0.1, 0.15) is 33.1 Å². The molecule has 2 aromatic carbocycles. The topological polar surface area (TPSA) is 17.1 Å². The molecule has 3 heteroatoms. The number of fused-ring (bicyclic) bond motifs is 2. The summed E-state index contributed by atoms with van der Waals surface area (Å²) in [6, 6.07) is 14.8. The predicted molar refractivity (Wildman–Crippen MR) is 83.6 cm³/mol. The Hall–Kier alpha value is -2.00. The summed E-state index contributed by atoms with van der Waals surface area (Å²) in [6.45, 7) is 0. The third kappa shape index (κ3) is 2.18. The average molecular weight is 296 g/mol. The summed E-state index contributed by atoms with van der Waals surface area (Å²) in [5.74, 6) is 0.249. The second kappa shape index (κ2) is 4.78. The molecule has 0 amide bonds. The monoisotopic (exact) mass is 296 g/mol.